The molecule has 3 aromatic carbocycles. The molecule has 1 amide bonds. The summed E-state index contributed by atoms with van der Waals surface area (Å²) in [5, 5.41) is 3.32. The van der Waals surface area contributed by atoms with Gasteiger partial charge < -0.3 is 5.32 Å². The second-order valence-electron chi connectivity index (χ2n) is 8.28. The van der Waals surface area contributed by atoms with Gasteiger partial charge in [-0.05, 0) is 55.7 Å². The van der Waals surface area contributed by atoms with Crippen molar-refractivity contribution in [1.29, 1.82) is 0 Å². The Bertz CT molecular complexity index is 1420. The van der Waals surface area contributed by atoms with E-state index in [0.29, 0.717) is 33.1 Å². The Morgan fingerprint density at radius 1 is 1.03 bits per heavy atom. The van der Waals surface area contributed by atoms with Crippen molar-refractivity contribution >= 4 is 44.5 Å². The average Bonchev–Trinajstić information content (AvgIpc) is 2.78. The minimum atomic E-state index is -4.22. The van der Waals surface area contributed by atoms with Crippen molar-refractivity contribution in [2.45, 2.75) is 20.8 Å². The molecule has 174 valence electrons. The molecule has 5 nitrogen and oxygen atoms in total. The zero-order chi connectivity index (χ0) is 24.6. The molecule has 0 aromatic heterocycles. The maximum atomic E-state index is 13.9. The lowest BCUT2D eigenvalue weighted by atomic mass is 9.95. The highest BCUT2D eigenvalue weighted by Crippen LogP contribution is 2.44. The standard InChI is InChI=1S/C27H25ClN2O3S/c1-5-13-30-23-12-11-21(28)16-22(23)24(20-9-7-6-8-10-20)26(34(30,32)33)27(31)29-25-18(3)14-17(2)15-19(25)4/h5-12,14-16H,1,13H2,2-4H3,(H,29,31). The summed E-state index contributed by atoms with van der Waals surface area (Å²) in [7, 11) is -4.22. The Kier molecular flexibility index (Phi) is 6.39. The second-order valence-corrected chi connectivity index (χ2v) is 10.5. The SMILES string of the molecule is C=CCN1c2ccc(Cl)cc2C(c2ccccc2)=C(C(=O)Nc2c(C)cc(C)cc2C)S1(=O)=O. The lowest BCUT2D eigenvalue weighted by Crippen LogP contribution is -2.40. The summed E-state index contributed by atoms with van der Waals surface area (Å²) >= 11 is 6.33. The molecule has 0 aliphatic carbocycles. The summed E-state index contributed by atoms with van der Waals surface area (Å²) in [6.07, 6.45) is 1.49. The van der Waals surface area contributed by atoms with E-state index in [1.54, 1.807) is 42.5 Å². The zero-order valence-electron chi connectivity index (χ0n) is 19.2. The number of hydrogen-bond acceptors (Lipinski definition) is 3. The van der Waals surface area contributed by atoms with Crippen molar-refractivity contribution in [1.82, 2.24) is 0 Å². The van der Waals surface area contributed by atoms with E-state index in [1.165, 1.54) is 10.4 Å². The molecule has 0 saturated carbocycles. The van der Waals surface area contributed by atoms with Gasteiger partial charge in [-0.2, -0.15) is 0 Å². The van der Waals surface area contributed by atoms with Gasteiger partial charge in [0.05, 0.1) is 12.2 Å². The Balaban J connectivity index is 2.02. The predicted octanol–water partition coefficient (Wildman–Crippen LogP) is 6.00. The number of anilines is 2. The first-order valence-corrected chi connectivity index (χ1v) is 12.6. The van der Waals surface area contributed by atoms with Crippen molar-refractivity contribution in [2.24, 2.45) is 0 Å². The number of hydrogen-bond donors (Lipinski definition) is 1. The first-order valence-electron chi connectivity index (χ1n) is 10.8. The van der Waals surface area contributed by atoms with Gasteiger partial charge >= 0.3 is 0 Å². The number of nitrogens with zero attached hydrogens (tertiary/aromatic N) is 1. The van der Waals surface area contributed by atoms with E-state index in [9.17, 15) is 13.2 Å². The minimum absolute atomic E-state index is 0.0123. The third-order valence-corrected chi connectivity index (χ3v) is 7.82. The van der Waals surface area contributed by atoms with Crippen molar-refractivity contribution in [2.75, 3.05) is 16.2 Å². The molecule has 0 bridgehead atoms. The number of rotatable bonds is 5. The summed E-state index contributed by atoms with van der Waals surface area (Å²) in [6.45, 7) is 9.46. The molecule has 1 aliphatic heterocycles. The first kappa shape index (κ1) is 23.8. The number of carbonyl (C=O) groups excluding carboxylic acids is 1. The number of halogens is 1. The van der Waals surface area contributed by atoms with Crippen LogP contribution in [0.1, 0.15) is 27.8 Å². The highest BCUT2D eigenvalue weighted by Gasteiger charge is 2.41. The van der Waals surface area contributed by atoms with Gasteiger partial charge in [0.15, 0.2) is 4.91 Å². The van der Waals surface area contributed by atoms with Gasteiger partial charge in [-0.3, -0.25) is 9.10 Å². The minimum Gasteiger partial charge on any atom is -0.321 e. The third-order valence-electron chi connectivity index (χ3n) is 5.75. The highest BCUT2D eigenvalue weighted by atomic mass is 35.5. The Morgan fingerprint density at radius 3 is 2.29 bits per heavy atom. The molecule has 0 radical (unpaired) electrons. The molecule has 0 unspecified atom stereocenters. The van der Waals surface area contributed by atoms with Gasteiger partial charge in [-0.1, -0.05) is 65.7 Å². The van der Waals surface area contributed by atoms with Crippen LogP contribution in [0.25, 0.3) is 5.57 Å². The highest BCUT2D eigenvalue weighted by molar-refractivity contribution is 7.97. The first-order chi connectivity index (χ1) is 16.1. The fourth-order valence-corrected chi connectivity index (χ4v) is 6.28. The van der Waals surface area contributed by atoms with Crippen molar-refractivity contribution in [3.8, 4) is 0 Å². The van der Waals surface area contributed by atoms with E-state index in [0.717, 1.165) is 16.7 Å². The monoisotopic (exact) mass is 492 g/mol. The molecule has 1 N–H and O–H groups in total. The number of sulfonamides is 1. The quantitative estimate of drug-likeness (QED) is 0.444. The van der Waals surface area contributed by atoms with Gasteiger partial charge in [0.1, 0.15) is 0 Å². The lowest BCUT2D eigenvalue weighted by Gasteiger charge is -2.33. The molecule has 0 saturated heterocycles. The second kappa shape index (κ2) is 9.12. The summed E-state index contributed by atoms with van der Waals surface area (Å²) in [4.78, 5) is 13.4. The van der Waals surface area contributed by atoms with Crippen LogP contribution in [0.3, 0.4) is 0 Å². The molecule has 4 rings (SSSR count). The molecule has 0 fully saturated rings. The van der Waals surface area contributed by atoms with Crippen LogP contribution in [-0.2, 0) is 14.8 Å². The molecule has 0 spiro atoms. The van der Waals surface area contributed by atoms with Crippen LogP contribution in [0, 0.1) is 20.8 Å². The van der Waals surface area contributed by atoms with Crippen LogP contribution in [0.4, 0.5) is 11.4 Å². The molecular formula is C27H25ClN2O3S. The van der Waals surface area contributed by atoms with Gasteiger partial charge in [-0.15, -0.1) is 6.58 Å². The Morgan fingerprint density at radius 2 is 1.68 bits per heavy atom. The van der Waals surface area contributed by atoms with Crippen LogP contribution in [0.5, 0.6) is 0 Å². The van der Waals surface area contributed by atoms with Gasteiger partial charge in [0.2, 0.25) is 0 Å². The summed E-state index contributed by atoms with van der Waals surface area (Å²) in [5.41, 5.74) is 5.30. The number of amides is 1. The Labute approximate surface area is 205 Å². The van der Waals surface area contributed by atoms with E-state index >= 15 is 0 Å². The molecular weight excluding hydrogens is 468 g/mol. The van der Waals surface area contributed by atoms with Crippen molar-refractivity contribution in [3.63, 3.8) is 0 Å². The number of benzene rings is 3. The molecule has 34 heavy (non-hydrogen) atoms. The van der Waals surface area contributed by atoms with E-state index in [2.05, 4.69) is 11.9 Å². The zero-order valence-corrected chi connectivity index (χ0v) is 20.8. The molecule has 1 aliphatic rings. The third kappa shape index (κ3) is 4.15. The lowest BCUT2D eigenvalue weighted by molar-refractivity contribution is -0.112. The van der Waals surface area contributed by atoms with E-state index in [-0.39, 0.29) is 11.4 Å². The van der Waals surface area contributed by atoms with Crippen LogP contribution in [0.2, 0.25) is 5.02 Å². The molecule has 0 atom stereocenters. The number of nitrogens with one attached hydrogen (secondary N) is 1. The normalized spacial score (nSPS) is 14.5. The maximum Gasteiger partial charge on any atom is 0.270 e. The van der Waals surface area contributed by atoms with E-state index in [1.807, 2.05) is 39.0 Å². The van der Waals surface area contributed by atoms with Crippen LogP contribution >= 0.6 is 11.6 Å². The summed E-state index contributed by atoms with van der Waals surface area (Å²) < 4.78 is 29.0. The summed E-state index contributed by atoms with van der Waals surface area (Å²) in [5.74, 6) is -0.700. The molecule has 7 heteroatoms. The molecule has 3 aromatic rings. The average molecular weight is 493 g/mol. The largest absolute Gasteiger partial charge is 0.321 e. The fourth-order valence-electron chi connectivity index (χ4n) is 4.40. The Hall–Kier alpha value is -3.35. The van der Waals surface area contributed by atoms with Crippen LogP contribution in [0.15, 0.2) is 78.2 Å². The van der Waals surface area contributed by atoms with Crippen LogP contribution < -0.4 is 9.62 Å². The van der Waals surface area contributed by atoms with E-state index in [4.69, 9.17) is 11.6 Å². The number of carbonyl (C=O) groups is 1. The smallest absolute Gasteiger partial charge is 0.270 e. The van der Waals surface area contributed by atoms with E-state index < -0.39 is 15.9 Å². The fraction of sp³-hybridized carbons (Fsp3) is 0.148. The molecule has 1 heterocycles. The van der Waals surface area contributed by atoms with Gasteiger partial charge in [-0.25, -0.2) is 8.42 Å². The number of aryl methyl sites for hydroxylation is 3. The van der Waals surface area contributed by atoms with Crippen molar-refractivity contribution in [3.05, 3.63) is 111 Å². The van der Waals surface area contributed by atoms with Crippen molar-refractivity contribution < 1.29 is 13.2 Å². The predicted molar refractivity (Wildman–Crippen MR) is 140 cm³/mol. The van der Waals surface area contributed by atoms with Crippen LogP contribution in [-0.4, -0.2) is 20.9 Å². The van der Waals surface area contributed by atoms with Gasteiger partial charge in [0.25, 0.3) is 15.9 Å². The number of fused-ring (bicyclic) bond motifs is 1. The summed E-state index contributed by atoms with van der Waals surface area (Å²) in [6, 6.07) is 17.9. The maximum absolute atomic E-state index is 13.9. The van der Waals surface area contributed by atoms with Gasteiger partial charge in [0, 0.05) is 21.8 Å². The topological polar surface area (TPSA) is 66.5 Å².